The van der Waals surface area contributed by atoms with Crippen molar-refractivity contribution in [3.05, 3.63) is 36.2 Å². The zero-order chi connectivity index (χ0) is 54.7. The number of carboxylic acids is 1. The fourth-order valence-corrected chi connectivity index (χ4v) is 8.37. The van der Waals surface area contributed by atoms with E-state index >= 15 is 0 Å². The van der Waals surface area contributed by atoms with Gasteiger partial charge in [0, 0.05) is 37.8 Å². The molecule has 3 rings (SSSR count). The average molecular weight is 1150 g/mol. The third-order valence-corrected chi connectivity index (χ3v) is 12.8. The molecule has 12 atom stereocenters. The molecular weight excluding hydrogens is 1080 g/mol. The van der Waals surface area contributed by atoms with Gasteiger partial charge in [-0.3, -0.25) is 34.9 Å². The molecule has 32 heteroatoms. The van der Waals surface area contributed by atoms with E-state index in [0.717, 1.165) is 12.0 Å². The molecule has 13 N–H and O–H groups in total. The summed E-state index contributed by atoms with van der Waals surface area (Å²) in [6.45, 7) is 1.27. The number of thioether (sulfide) groups is 2. The smallest absolute Gasteiger partial charge is 0.726 e. The largest absolute Gasteiger partial charge is 1.00 e. The number of carbonyl (C=O) groups excluding carboxylic acids is 6. The topological polar surface area (TPSA) is 442 Å². The van der Waals surface area contributed by atoms with Gasteiger partial charge in [-0.15, -0.1) is 11.8 Å². The zero-order valence-electron chi connectivity index (χ0n) is 42.1. The van der Waals surface area contributed by atoms with Gasteiger partial charge in [-0.25, -0.2) is 8.42 Å². The molecule has 2 saturated heterocycles. The molecule has 0 bridgehead atoms. The number of carbonyl (C=O) groups is 6. The molecule has 418 valence electrons. The Morgan fingerprint density at radius 3 is 1.93 bits per heavy atom. The quantitative estimate of drug-likeness (QED) is 0.0105. The first kappa shape index (κ1) is 73.2. The van der Waals surface area contributed by atoms with Gasteiger partial charge in [-0.1, -0.05) is 12.1 Å². The maximum atomic E-state index is 12.9. The van der Waals surface area contributed by atoms with Gasteiger partial charge in [-0.2, -0.15) is 11.8 Å². The Morgan fingerprint density at radius 2 is 1.39 bits per heavy atom. The van der Waals surface area contributed by atoms with E-state index in [4.69, 9.17) is 41.6 Å². The van der Waals surface area contributed by atoms with Crippen molar-refractivity contribution in [2.24, 2.45) is 0 Å². The van der Waals surface area contributed by atoms with Crippen molar-refractivity contribution in [3.63, 3.8) is 0 Å². The second kappa shape index (κ2) is 39.5. The summed E-state index contributed by atoms with van der Waals surface area (Å²) in [6, 6.07) is 5.25. The molecule has 1 aromatic carbocycles. The van der Waals surface area contributed by atoms with Crippen molar-refractivity contribution in [1.29, 1.82) is 0 Å². The van der Waals surface area contributed by atoms with E-state index in [0.29, 0.717) is 63.9 Å². The average Bonchev–Trinajstić information content (AvgIpc) is 3.32. The summed E-state index contributed by atoms with van der Waals surface area (Å²) in [5, 5.41) is 95.4. The summed E-state index contributed by atoms with van der Waals surface area (Å²) in [6.07, 6.45) is -12.0. The Labute approximate surface area is 487 Å². The maximum Gasteiger partial charge on any atom is 1.00 e. The van der Waals surface area contributed by atoms with E-state index in [9.17, 15) is 64.5 Å². The molecule has 75 heavy (non-hydrogen) atoms. The number of ether oxygens (including phenoxy) is 4. The summed E-state index contributed by atoms with van der Waals surface area (Å²) in [5.74, 6) is -1.51. The number of aliphatic hydroxyl groups is 7. The number of benzene rings is 1. The number of rotatable bonds is 32. The van der Waals surface area contributed by atoms with Crippen LogP contribution in [0.1, 0.15) is 51.0 Å². The molecular formula is C43H68N5Na2O22S3-. The van der Waals surface area contributed by atoms with E-state index in [2.05, 4.69) is 26.6 Å². The third kappa shape index (κ3) is 30.4. The molecule has 0 spiro atoms. The first-order valence-corrected chi connectivity index (χ1v) is 26.7. The Balaban J connectivity index is 0.00000744. The number of aliphatic hydroxyl groups excluding tert-OH is 7. The number of amides is 4. The van der Waals surface area contributed by atoms with Gasteiger partial charge >= 0.3 is 59.1 Å². The summed E-state index contributed by atoms with van der Waals surface area (Å²) < 4.78 is 54.8. The van der Waals surface area contributed by atoms with Gasteiger partial charge < -0.3 is 95.7 Å². The van der Waals surface area contributed by atoms with Gasteiger partial charge in [0.15, 0.2) is 12.1 Å². The van der Waals surface area contributed by atoms with Crippen LogP contribution in [0, 0.1) is 6.42 Å². The van der Waals surface area contributed by atoms with Gasteiger partial charge in [0.1, 0.15) is 36.3 Å². The molecule has 0 radical (unpaired) electrons. The number of ketones is 1. The summed E-state index contributed by atoms with van der Waals surface area (Å²) in [4.78, 5) is 73.2. The van der Waals surface area contributed by atoms with Crippen molar-refractivity contribution < 1.29 is 165 Å². The number of likely N-dealkylation sites (N-methyl/N-ethyl adjacent to an activating group) is 1. The van der Waals surface area contributed by atoms with E-state index in [1.54, 1.807) is 31.3 Å². The number of carboxylic acid groups (broad SMARTS) is 1. The van der Waals surface area contributed by atoms with Crippen LogP contribution in [-0.2, 0) is 59.8 Å². The van der Waals surface area contributed by atoms with Crippen molar-refractivity contribution >= 4 is 69.3 Å². The minimum absolute atomic E-state index is 0. The second-order valence-electron chi connectivity index (χ2n) is 16.5. The second-order valence-corrected chi connectivity index (χ2v) is 19.5. The van der Waals surface area contributed by atoms with Crippen LogP contribution in [0.25, 0.3) is 0 Å². The van der Waals surface area contributed by atoms with Crippen LogP contribution < -0.4 is 95.5 Å². The molecule has 2 fully saturated rings. The zero-order valence-corrected chi connectivity index (χ0v) is 48.6. The Kier molecular flexibility index (Phi) is 38.6. The molecule has 0 aliphatic carbocycles. The molecule has 0 saturated carbocycles. The van der Waals surface area contributed by atoms with Crippen molar-refractivity contribution in [1.82, 2.24) is 26.6 Å². The Hall–Kier alpha value is -1.83. The molecule has 2 aliphatic rings. The van der Waals surface area contributed by atoms with Crippen LogP contribution in [-0.4, -0.2) is 225 Å². The van der Waals surface area contributed by atoms with Crippen molar-refractivity contribution in [2.75, 3.05) is 62.9 Å². The minimum Gasteiger partial charge on any atom is -0.726 e. The van der Waals surface area contributed by atoms with Crippen LogP contribution in [0.5, 0.6) is 5.75 Å². The van der Waals surface area contributed by atoms with Crippen LogP contribution in [0.2, 0.25) is 0 Å². The third-order valence-electron chi connectivity index (χ3n) is 10.7. The molecule has 27 nitrogen and oxygen atoms in total. The van der Waals surface area contributed by atoms with Gasteiger partial charge in [0.05, 0.1) is 42.9 Å². The maximum absolute atomic E-state index is 12.9. The fourth-order valence-electron chi connectivity index (χ4n) is 6.81. The first-order valence-electron chi connectivity index (χ1n) is 23.0. The van der Waals surface area contributed by atoms with Crippen LogP contribution in [0.3, 0.4) is 0 Å². The number of nitrogens with one attached hydrogen (secondary N) is 5. The molecule has 4 amide bonds. The van der Waals surface area contributed by atoms with Crippen LogP contribution in [0.4, 0.5) is 0 Å². The van der Waals surface area contributed by atoms with E-state index in [-0.39, 0.29) is 125 Å². The van der Waals surface area contributed by atoms with Crippen LogP contribution >= 0.6 is 23.5 Å². The SMILES string of the molecule is CNC(CCCNC(=O)CSCC(O)CO)C(=O)NC(CCCNC(=O)CSCCCC(=O)NCCc1ccc(OC2OC(CO)C(O)C(OC3OC(C(=O)[O-])[CH-]C(O)C3O)C2O)cc1)C(C)=O.O=S(=O)([O-])O.[Na+].[Na+]. The van der Waals surface area contributed by atoms with E-state index < -0.39 is 96.5 Å². The van der Waals surface area contributed by atoms with Crippen LogP contribution in [0.15, 0.2) is 24.3 Å². The normalized spacial score (nSPS) is 23.5. The molecule has 12 unspecified atom stereocenters. The number of Topliss-reactive ketones (excluding diaryl/α,β-unsaturated/α-hetero) is 1. The van der Waals surface area contributed by atoms with Gasteiger partial charge in [0.2, 0.25) is 40.3 Å². The molecule has 2 heterocycles. The standard InChI is InChI=1S/C43H68N5O18S2.2Na.H2O4S/c1-24(51)28(48-40(60)29(44-2)7-4-15-46-35(56)23-68-21-26(52)19-49)6-3-14-45-34(55)22-67-17-5-8-33(54)47-16-13-25-9-11-27(12-10-25)63-43-38(59)39(37(58)32(20-50)65-43)66-42-36(57)30(53)18-31(64-42)41(61)62;;;1-5(2,3)4/h9-12,18,26,28-32,36-39,42-44,49-50,52-53,57-59H,3-8,13-17,19-23H2,1-2H3,(H,45,55)(H,46,56)(H,47,54)(H,48,60)(H,61,62);;;(H2,1,2,3,4)/q-1;2*+1;/p-2. The molecule has 2 aliphatic heterocycles. The summed E-state index contributed by atoms with van der Waals surface area (Å²) in [7, 11) is -3.29. The van der Waals surface area contributed by atoms with E-state index in [1.165, 1.54) is 30.4 Å². The van der Waals surface area contributed by atoms with Crippen molar-refractivity contribution in [3.8, 4) is 5.75 Å². The van der Waals surface area contributed by atoms with Gasteiger partial charge in [-0.05, 0) is 88.2 Å². The summed E-state index contributed by atoms with van der Waals surface area (Å²) >= 11 is 2.58. The Bertz CT molecular complexity index is 1970. The molecule has 1 aromatic rings. The number of hydrogen-bond acceptors (Lipinski definition) is 24. The minimum atomic E-state index is -4.92. The monoisotopic (exact) mass is 1150 g/mol. The fraction of sp³-hybridized carbons (Fsp3) is 0.698. The Morgan fingerprint density at radius 1 is 0.813 bits per heavy atom. The predicted octanol–water partition coefficient (Wildman–Crippen LogP) is -12.0. The number of hydrogen-bond donors (Lipinski definition) is 13. The predicted molar refractivity (Wildman–Crippen MR) is 256 cm³/mol. The van der Waals surface area contributed by atoms with Crippen molar-refractivity contribution in [2.45, 2.75) is 125 Å². The first-order chi connectivity index (χ1) is 34.5. The number of aliphatic carboxylic acids is 1. The van der Waals surface area contributed by atoms with E-state index in [1.807, 2.05) is 0 Å². The summed E-state index contributed by atoms with van der Waals surface area (Å²) in [5.41, 5.74) is 0.830. The van der Waals surface area contributed by atoms with Gasteiger partial charge in [0.25, 0.3) is 0 Å². The molecule has 0 aromatic heterocycles.